The fraction of sp³-hybridized carbons (Fsp3) is 0.478. The number of rotatable bonds is 8. The monoisotopic (exact) mass is 368 g/mol. The summed E-state index contributed by atoms with van der Waals surface area (Å²) >= 11 is 0. The lowest BCUT2D eigenvalue weighted by Crippen LogP contribution is -2.41. The average Bonchev–Trinajstić information content (AvgIpc) is 2.67. The first-order valence-electron chi connectivity index (χ1n) is 10.1. The molecular weight excluding hydrogens is 336 g/mol. The van der Waals surface area contributed by atoms with E-state index in [0.29, 0.717) is 18.6 Å². The summed E-state index contributed by atoms with van der Waals surface area (Å²) in [5.41, 5.74) is 3.85. The van der Waals surface area contributed by atoms with E-state index in [1.54, 1.807) is 0 Å². The molecule has 1 aliphatic heterocycles. The number of piperidine rings is 1. The van der Waals surface area contributed by atoms with Crippen molar-refractivity contribution < 1.29 is 9.84 Å². The zero-order chi connectivity index (χ0) is 19.1. The molecule has 0 aromatic heterocycles. The van der Waals surface area contributed by atoms with Crippen molar-refractivity contribution in [3.8, 4) is 5.75 Å². The van der Waals surface area contributed by atoms with Crippen LogP contribution < -0.4 is 10.1 Å². The van der Waals surface area contributed by atoms with E-state index in [0.717, 1.165) is 25.4 Å². The Bertz CT molecular complexity index is 700. The van der Waals surface area contributed by atoms with Crippen molar-refractivity contribution in [1.82, 2.24) is 4.90 Å². The predicted molar refractivity (Wildman–Crippen MR) is 111 cm³/mol. The van der Waals surface area contributed by atoms with Gasteiger partial charge in [0, 0.05) is 24.8 Å². The number of aliphatic hydroxyl groups excluding tert-OH is 1. The standard InChI is InChI=1S/C23H32N2O2/c1-18(2)20-8-10-21(11-9-20)24-22-6-4-12-25(17-22)16-19-5-3-7-23(15-19)27-14-13-26/h3,5,7-11,15,18,22,24,26H,4,6,12-14,16-17H2,1-2H3/t22-/m0/s1. The van der Waals surface area contributed by atoms with Gasteiger partial charge in [0.25, 0.3) is 0 Å². The van der Waals surface area contributed by atoms with Crippen LogP contribution in [-0.4, -0.2) is 42.4 Å². The van der Waals surface area contributed by atoms with Gasteiger partial charge in [-0.2, -0.15) is 0 Å². The van der Waals surface area contributed by atoms with E-state index in [2.05, 4.69) is 60.5 Å². The minimum absolute atomic E-state index is 0.0435. The maximum atomic E-state index is 8.91. The van der Waals surface area contributed by atoms with E-state index in [4.69, 9.17) is 9.84 Å². The van der Waals surface area contributed by atoms with Gasteiger partial charge in [-0.05, 0) is 60.7 Å². The van der Waals surface area contributed by atoms with Crippen LogP contribution in [0.4, 0.5) is 5.69 Å². The van der Waals surface area contributed by atoms with Crippen LogP contribution in [0.1, 0.15) is 43.7 Å². The number of nitrogens with zero attached hydrogens (tertiary/aromatic N) is 1. The molecule has 4 nitrogen and oxygen atoms in total. The molecule has 1 saturated heterocycles. The molecule has 4 heteroatoms. The van der Waals surface area contributed by atoms with Gasteiger partial charge in [-0.15, -0.1) is 0 Å². The second kappa shape index (κ2) is 9.77. The topological polar surface area (TPSA) is 44.7 Å². The van der Waals surface area contributed by atoms with E-state index in [1.807, 2.05) is 12.1 Å². The van der Waals surface area contributed by atoms with Crippen LogP contribution in [0.15, 0.2) is 48.5 Å². The molecule has 2 N–H and O–H groups in total. The quantitative estimate of drug-likeness (QED) is 0.731. The minimum atomic E-state index is 0.0435. The fourth-order valence-electron chi connectivity index (χ4n) is 3.67. The molecule has 0 unspecified atom stereocenters. The Morgan fingerprint density at radius 1 is 1.19 bits per heavy atom. The molecule has 3 rings (SSSR count). The van der Waals surface area contributed by atoms with E-state index >= 15 is 0 Å². The van der Waals surface area contributed by atoms with Crippen molar-refractivity contribution in [2.75, 3.05) is 31.6 Å². The molecule has 1 fully saturated rings. The van der Waals surface area contributed by atoms with Crippen LogP contribution in [0.25, 0.3) is 0 Å². The van der Waals surface area contributed by atoms with Gasteiger partial charge >= 0.3 is 0 Å². The van der Waals surface area contributed by atoms with Gasteiger partial charge in [-0.3, -0.25) is 4.90 Å². The Morgan fingerprint density at radius 3 is 2.74 bits per heavy atom. The molecule has 0 saturated carbocycles. The Kier molecular flexibility index (Phi) is 7.13. The SMILES string of the molecule is CC(C)c1ccc(N[C@H]2CCCN(Cc3cccc(OCCO)c3)C2)cc1. The first-order valence-corrected chi connectivity index (χ1v) is 10.1. The predicted octanol–water partition coefficient (Wildman–Crippen LogP) is 4.26. The number of aliphatic hydroxyl groups is 1. The Hall–Kier alpha value is -2.04. The fourth-order valence-corrected chi connectivity index (χ4v) is 3.67. The zero-order valence-electron chi connectivity index (χ0n) is 16.5. The van der Waals surface area contributed by atoms with E-state index in [1.165, 1.54) is 29.7 Å². The van der Waals surface area contributed by atoms with E-state index in [-0.39, 0.29) is 6.61 Å². The summed E-state index contributed by atoms with van der Waals surface area (Å²) in [6.45, 7) is 7.95. The van der Waals surface area contributed by atoms with E-state index < -0.39 is 0 Å². The number of likely N-dealkylation sites (tertiary alicyclic amines) is 1. The summed E-state index contributed by atoms with van der Waals surface area (Å²) in [7, 11) is 0. The molecule has 0 aliphatic carbocycles. The minimum Gasteiger partial charge on any atom is -0.491 e. The molecule has 0 bridgehead atoms. The van der Waals surface area contributed by atoms with Gasteiger partial charge in [0.1, 0.15) is 12.4 Å². The summed E-state index contributed by atoms with van der Waals surface area (Å²) < 4.78 is 5.53. The maximum absolute atomic E-state index is 8.91. The van der Waals surface area contributed by atoms with Crippen molar-refractivity contribution in [3.05, 3.63) is 59.7 Å². The van der Waals surface area contributed by atoms with Crippen LogP contribution >= 0.6 is 0 Å². The van der Waals surface area contributed by atoms with Crippen LogP contribution in [0, 0.1) is 0 Å². The lowest BCUT2D eigenvalue weighted by atomic mass is 10.0. The smallest absolute Gasteiger partial charge is 0.119 e. The third kappa shape index (κ3) is 5.98. The Labute approximate surface area is 163 Å². The highest BCUT2D eigenvalue weighted by Gasteiger charge is 2.20. The number of hydrogen-bond acceptors (Lipinski definition) is 4. The molecule has 0 radical (unpaired) electrons. The summed E-state index contributed by atoms with van der Waals surface area (Å²) in [5.74, 6) is 1.40. The second-order valence-electron chi connectivity index (χ2n) is 7.71. The molecular formula is C23H32N2O2. The van der Waals surface area contributed by atoms with Gasteiger partial charge in [0.05, 0.1) is 6.61 Å². The van der Waals surface area contributed by atoms with Crippen LogP contribution in [0.5, 0.6) is 5.75 Å². The third-order valence-corrected chi connectivity index (χ3v) is 5.12. The lowest BCUT2D eigenvalue weighted by Gasteiger charge is -2.33. The summed E-state index contributed by atoms with van der Waals surface area (Å²) in [6.07, 6.45) is 2.42. The van der Waals surface area contributed by atoms with Gasteiger partial charge in [0.15, 0.2) is 0 Å². The molecule has 27 heavy (non-hydrogen) atoms. The largest absolute Gasteiger partial charge is 0.491 e. The molecule has 0 amide bonds. The van der Waals surface area contributed by atoms with Gasteiger partial charge in [-0.25, -0.2) is 0 Å². The molecule has 1 heterocycles. The Morgan fingerprint density at radius 2 is 2.00 bits per heavy atom. The summed E-state index contributed by atoms with van der Waals surface area (Å²) in [6, 6.07) is 17.5. The third-order valence-electron chi connectivity index (χ3n) is 5.12. The number of hydrogen-bond donors (Lipinski definition) is 2. The van der Waals surface area contributed by atoms with Crippen LogP contribution in [0.3, 0.4) is 0 Å². The summed E-state index contributed by atoms with van der Waals surface area (Å²) in [4.78, 5) is 2.51. The molecule has 2 aromatic carbocycles. The molecule has 0 spiro atoms. The molecule has 1 atom stereocenters. The highest BCUT2D eigenvalue weighted by atomic mass is 16.5. The van der Waals surface area contributed by atoms with Crippen LogP contribution in [-0.2, 0) is 6.54 Å². The molecule has 146 valence electrons. The van der Waals surface area contributed by atoms with Crippen molar-refractivity contribution in [3.63, 3.8) is 0 Å². The first kappa shape index (κ1) is 19.7. The first-order chi connectivity index (χ1) is 13.1. The van der Waals surface area contributed by atoms with Gasteiger partial charge < -0.3 is 15.2 Å². The van der Waals surface area contributed by atoms with Crippen LogP contribution in [0.2, 0.25) is 0 Å². The maximum Gasteiger partial charge on any atom is 0.119 e. The lowest BCUT2D eigenvalue weighted by molar-refractivity contribution is 0.199. The Balaban J connectivity index is 1.54. The number of anilines is 1. The average molecular weight is 369 g/mol. The van der Waals surface area contributed by atoms with Gasteiger partial charge in [-0.1, -0.05) is 38.1 Å². The van der Waals surface area contributed by atoms with E-state index in [9.17, 15) is 0 Å². The zero-order valence-corrected chi connectivity index (χ0v) is 16.5. The van der Waals surface area contributed by atoms with Crippen molar-refractivity contribution >= 4 is 5.69 Å². The van der Waals surface area contributed by atoms with Crippen molar-refractivity contribution in [2.45, 2.75) is 45.2 Å². The number of ether oxygens (including phenoxy) is 1. The normalized spacial score (nSPS) is 17.9. The number of benzene rings is 2. The van der Waals surface area contributed by atoms with Crippen molar-refractivity contribution in [1.29, 1.82) is 0 Å². The highest BCUT2D eigenvalue weighted by molar-refractivity contribution is 5.46. The molecule has 1 aliphatic rings. The second-order valence-corrected chi connectivity index (χ2v) is 7.71. The number of nitrogens with one attached hydrogen (secondary N) is 1. The van der Waals surface area contributed by atoms with Gasteiger partial charge in [0.2, 0.25) is 0 Å². The van der Waals surface area contributed by atoms with Crippen molar-refractivity contribution in [2.24, 2.45) is 0 Å². The molecule has 2 aromatic rings. The summed E-state index contributed by atoms with van der Waals surface area (Å²) in [5, 5.41) is 12.6. The highest BCUT2D eigenvalue weighted by Crippen LogP contribution is 2.22.